The van der Waals surface area contributed by atoms with Crippen molar-refractivity contribution in [3.63, 3.8) is 0 Å². The fourth-order valence-electron chi connectivity index (χ4n) is 3.96. The zero-order chi connectivity index (χ0) is 21.5. The lowest BCUT2D eigenvalue weighted by Crippen LogP contribution is -2.38. The lowest BCUT2D eigenvalue weighted by Gasteiger charge is -2.30. The number of para-hydroxylation sites is 2. The van der Waals surface area contributed by atoms with Crippen molar-refractivity contribution in [2.24, 2.45) is 0 Å². The van der Waals surface area contributed by atoms with E-state index >= 15 is 0 Å². The third-order valence-electron chi connectivity index (χ3n) is 5.49. The number of carbonyl (C=O) groups is 1. The number of aromatic nitrogens is 1. The highest BCUT2D eigenvalue weighted by molar-refractivity contribution is 7.93. The number of methoxy groups -OCH3 is 1. The van der Waals surface area contributed by atoms with E-state index in [4.69, 9.17) is 4.74 Å². The zero-order valence-electron chi connectivity index (χ0n) is 17.1. The molecule has 1 aromatic heterocycles. The van der Waals surface area contributed by atoms with E-state index in [0.29, 0.717) is 22.9 Å². The summed E-state index contributed by atoms with van der Waals surface area (Å²) < 4.78 is 34.2. The first kappa shape index (κ1) is 20.2. The van der Waals surface area contributed by atoms with Crippen LogP contribution >= 0.6 is 0 Å². The summed E-state index contributed by atoms with van der Waals surface area (Å²) in [6.45, 7) is 2.66. The summed E-state index contributed by atoms with van der Waals surface area (Å²) in [7, 11) is -0.681. The Morgan fingerprint density at radius 2 is 1.80 bits per heavy atom. The number of nitrogens with zero attached hydrogens (tertiary/aromatic N) is 3. The summed E-state index contributed by atoms with van der Waals surface area (Å²) in [6, 6.07) is 13.8. The fraction of sp³-hybridized carbons (Fsp3) is 0.273. The maximum atomic E-state index is 14.0. The van der Waals surface area contributed by atoms with Crippen LogP contribution in [0.15, 0.2) is 59.6 Å². The highest BCUT2D eigenvalue weighted by Crippen LogP contribution is 2.39. The van der Waals surface area contributed by atoms with Gasteiger partial charge in [-0.2, -0.15) is 0 Å². The molecule has 1 unspecified atom stereocenters. The molecule has 0 saturated carbocycles. The van der Waals surface area contributed by atoms with Crippen LogP contribution in [0.1, 0.15) is 23.8 Å². The number of benzene rings is 2. The molecule has 3 aromatic rings. The molecule has 0 spiro atoms. The number of ether oxygens (including phenoxy) is 1. The van der Waals surface area contributed by atoms with E-state index in [9.17, 15) is 13.2 Å². The van der Waals surface area contributed by atoms with Crippen LogP contribution in [-0.4, -0.2) is 46.1 Å². The number of sulfonamides is 1. The third kappa shape index (κ3) is 3.17. The van der Waals surface area contributed by atoms with E-state index < -0.39 is 16.0 Å². The summed E-state index contributed by atoms with van der Waals surface area (Å²) in [5.74, 6) is -0.606. The maximum Gasteiger partial charge on any atom is 0.357 e. The van der Waals surface area contributed by atoms with Crippen molar-refractivity contribution in [2.75, 3.05) is 29.9 Å². The van der Waals surface area contributed by atoms with Crippen LogP contribution in [0.5, 0.6) is 0 Å². The van der Waals surface area contributed by atoms with Gasteiger partial charge in [0.15, 0.2) is 5.69 Å². The number of carbonyl (C=O) groups excluding carboxylic acids is 1. The average molecular weight is 426 g/mol. The van der Waals surface area contributed by atoms with Crippen LogP contribution in [0, 0.1) is 0 Å². The molecule has 30 heavy (non-hydrogen) atoms. The Balaban J connectivity index is 1.96. The first-order valence-electron chi connectivity index (χ1n) is 9.67. The molecule has 8 heteroatoms. The molecule has 1 aliphatic rings. The predicted octanol–water partition coefficient (Wildman–Crippen LogP) is 3.45. The van der Waals surface area contributed by atoms with Crippen LogP contribution in [0.25, 0.3) is 10.8 Å². The number of fused-ring (bicyclic) bond motifs is 2. The molecular weight excluding hydrogens is 402 g/mol. The van der Waals surface area contributed by atoms with Gasteiger partial charge in [-0.1, -0.05) is 24.3 Å². The number of hydrogen-bond acceptors (Lipinski definition) is 6. The smallest absolute Gasteiger partial charge is 0.357 e. The van der Waals surface area contributed by atoms with Gasteiger partial charge in [0.1, 0.15) is 0 Å². The van der Waals surface area contributed by atoms with Gasteiger partial charge >= 0.3 is 5.97 Å². The number of rotatable bonds is 3. The maximum absolute atomic E-state index is 14.0. The first-order valence-corrected chi connectivity index (χ1v) is 11.1. The van der Waals surface area contributed by atoms with E-state index in [0.717, 1.165) is 12.2 Å². The zero-order valence-corrected chi connectivity index (χ0v) is 17.9. The second-order valence-corrected chi connectivity index (χ2v) is 9.13. The van der Waals surface area contributed by atoms with Crippen LogP contribution in [0.4, 0.5) is 11.4 Å². The van der Waals surface area contributed by atoms with Gasteiger partial charge in [0.05, 0.1) is 23.4 Å². The van der Waals surface area contributed by atoms with Crippen molar-refractivity contribution in [1.29, 1.82) is 0 Å². The molecule has 0 fully saturated rings. The summed E-state index contributed by atoms with van der Waals surface area (Å²) in [6.07, 6.45) is 2.12. The van der Waals surface area contributed by atoms with Crippen molar-refractivity contribution < 1.29 is 17.9 Å². The van der Waals surface area contributed by atoms with Crippen molar-refractivity contribution in [3.05, 3.63) is 60.4 Å². The van der Waals surface area contributed by atoms with Gasteiger partial charge < -0.3 is 9.64 Å². The van der Waals surface area contributed by atoms with Gasteiger partial charge in [0.25, 0.3) is 10.0 Å². The SMILES string of the molecule is COC(=O)c1nccc2c(S(=O)(=O)N3c4ccccc4N(C)CCC3C)cccc12. The van der Waals surface area contributed by atoms with Gasteiger partial charge in [-0.05, 0) is 37.6 Å². The van der Waals surface area contributed by atoms with Crippen molar-refractivity contribution in [3.8, 4) is 0 Å². The first-order chi connectivity index (χ1) is 14.4. The lowest BCUT2D eigenvalue weighted by atomic mass is 10.1. The van der Waals surface area contributed by atoms with Gasteiger partial charge in [-0.25, -0.2) is 18.2 Å². The molecule has 1 atom stereocenters. The molecule has 156 valence electrons. The quantitative estimate of drug-likeness (QED) is 0.598. The van der Waals surface area contributed by atoms with Crippen molar-refractivity contribution >= 4 is 38.1 Å². The Hall–Kier alpha value is -3.13. The Morgan fingerprint density at radius 1 is 1.07 bits per heavy atom. The molecule has 0 radical (unpaired) electrons. The van der Waals surface area contributed by atoms with Gasteiger partial charge in [-0.3, -0.25) is 4.31 Å². The summed E-state index contributed by atoms with van der Waals surface area (Å²) in [5, 5.41) is 0.883. The minimum atomic E-state index is -3.92. The van der Waals surface area contributed by atoms with E-state index in [1.54, 1.807) is 24.3 Å². The Labute approximate surface area is 175 Å². The third-order valence-corrected chi connectivity index (χ3v) is 7.48. The summed E-state index contributed by atoms with van der Waals surface area (Å²) in [4.78, 5) is 18.4. The molecule has 0 bridgehead atoms. The largest absolute Gasteiger partial charge is 0.464 e. The van der Waals surface area contributed by atoms with Crippen LogP contribution in [-0.2, 0) is 14.8 Å². The highest BCUT2D eigenvalue weighted by atomic mass is 32.2. The second-order valence-electron chi connectivity index (χ2n) is 7.35. The number of anilines is 2. The number of hydrogen-bond donors (Lipinski definition) is 0. The Kier molecular flexibility index (Phi) is 5.11. The van der Waals surface area contributed by atoms with Crippen LogP contribution in [0.2, 0.25) is 0 Å². The van der Waals surface area contributed by atoms with Gasteiger partial charge in [-0.15, -0.1) is 0 Å². The molecule has 0 saturated heterocycles. The summed E-state index contributed by atoms with van der Waals surface area (Å²) >= 11 is 0. The van der Waals surface area contributed by atoms with Crippen LogP contribution in [0.3, 0.4) is 0 Å². The van der Waals surface area contributed by atoms with Gasteiger partial charge in [0, 0.05) is 36.6 Å². The summed E-state index contributed by atoms with van der Waals surface area (Å²) in [5.41, 5.74) is 1.60. The molecule has 0 N–H and O–H groups in total. The molecule has 1 aliphatic heterocycles. The monoisotopic (exact) mass is 425 g/mol. The van der Waals surface area contributed by atoms with E-state index in [2.05, 4.69) is 9.88 Å². The van der Waals surface area contributed by atoms with Gasteiger partial charge in [0.2, 0.25) is 0 Å². The highest BCUT2D eigenvalue weighted by Gasteiger charge is 2.35. The topological polar surface area (TPSA) is 79.8 Å². The Morgan fingerprint density at radius 3 is 2.53 bits per heavy atom. The molecule has 4 rings (SSSR count). The average Bonchev–Trinajstić information content (AvgIpc) is 2.88. The van der Waals surface area contributed by atoms with Crippen molar-refractivity contribution in [2.45, 2.75) is 24.3 Å². The second kappa shape index (κ2) is 7.60. The van der Waals surface area contributed by atoms with Crippen LogP contribution < -0.4 is 9.21 Å². The molecule has 0 amide bonds. The minimum Gasteiger partial charge on any atom is -0.464 e. The molecule has 0 aliphatic carbocycles. The standard InChI is InChI=1S/C22H23N3O4S/c1-15-12-14-24(2)18-8-4-5-9-19(18)25(15)30(27,28)20-10-6-7-17-16(20)11-13-23-21(17)22(26)29-3/h4-11,13,15H,12,14H2,1-3H3. The number of esters is 1. The molecule has 2 heterocycles. The number of pyridine rings is 1. The normalized spacial score (nSPS) is 16.8. The molecule has 7 nitrogen and oxygen atoms in total. The lowest BCUT2D eigenvalue weighted by molar-refractivity contribution is 0.0596. The van der Waals surface area contributed by atoms with Crippen molar-refractivity contribution in [1.82, 2.24) is 4.98 Å². The van der Waals surface area contributed by atoms with E-state index in [1.165, 1.54) is 17.6 Å². The predicted molar refractivity (Wildman–Crippen MR) is 117 cm³/mol. The fourth-order valence-corrected chi connectivity index (χ4v) is 5.87. The molecule has 2 aromatic carbocycles. The minimum absolute atomic E-state index is 0.0936. The van der Waals surface area contributed by atoms with E-state index in [-0.39, 0.29) is 16.6 Å². The molecular formula is C22H23N3O4S. The van der Waals surface area contributed by atoms with E-state index in [1.807, 2.05) is 38.2 Å². The Bertz CT molecular complexity index is 1230.